The van der Waals surface area contributed by atoms with Crippen LogP contribution in [0.15, 0.2) is 18.2 Å². The lowest BCUT2D eigenvalue weighted by Crippen LogP contribution is -2.01. The van der Waals surface area contributed by atoms with Gasteiger partial charge in [-0.2, -0.15) is 0 Å². The molecule has 1 aromatic heterocycles. The quantitative estimate of drug-likeness (QED) is 0.912. The van der Waals surface area contributed by atoms with Crippen molar-refractivity contribution in [3.05, 3.63) is 39.3 Å². The number of aryl methyl sites for hydroxylation is 3. The van der Waals surface area contributed by atoms with Crippen LogP contribution in [-0.4, -0.2) is 12.1 Å². The van der Waals surface area contributed by atoms with E-state index < -0.39 is 0 Å². The number of aromatic nitrogens is 1. The van der Waals surface area contributed by atoms with Gasteiger partial charge in [-0.1, -0.05) is 6.07 Å². The third kappa shape index (κ3) is 2.82. The number of hydrogen-bond donors (Lipinski definition) is 1. The van der Waals surface area contributed by atoms with E-state index in [1.54, 1.807) is 18.4 Å². The van der Waals surface area contributed by atoms with Gasteiger partial charge in [0.2, 0.25) is 0 Å². The van der Waals surface area contributed by atoms with Crippen molar-refractivity contribution in [2.75, 3.05) is 12.4 Å². The third-order valence-corrected chi connectivity index (χ3v) is 3.93. The first-order valence-electron chi connectivity index (χ1n) is 5.91. The number of thiazole rings is 1. The van der Waals surface area contributed by atoms with Crippen molar-refractivity contribution in [2.24, 2.45) is 0 Å². The van der Waals surface area contributed by atoms with Gasteiger partial charge in [0, 0.05) is 4.88 Å². The number of benzene rings is 1. The van der Waals surface area contributed by atoms with Crippen molar-refractivity contribution in [3.63, 3.8) is 0 Å². The largest absolute Gasteiger partial charge is 0.495 e. The molecule has 3 nitrogen and oxygen atoms in total. The standard InChI is InChI=1S/C14H18N2OS/c1-9-5-6-13(17-4)12(7-9)15-8-14-16-10(2)11(3)18-14/h5-7,15H,8H2,1-4H3. The Morgan fingerprint density at radius 3 is 2.67 bits per heavy atom. The maximum atomic E-state index is 5.34. The van der Waals surface area contributed by atoms with Gasteiger partial charge in [0.05, 0.1) is 25.0 Å². The van der Waals surface area contributed by atoms with Gasteiger partial charge in [-0.25, -0.2) is 4.98 Å². The SMILES string of the molecule is COc1ccc(C)cc1NCc1nc(C)c(C)s1. The first-order valence-corrected chi connectivity index (χ1v) is 6.73. The number of ether oxygens (including phenoxy) is 1. The molecule has 0 fully saturated rings. The third-order valence-electron chi connectivity index (χ3n) is 2.86. The average Bonchev–Trinajstić information content (AvgIpc) is 2.66. The van der Waals surface area contributed by atoms with E-state index >= 15 is 0 Å². The van der Waals surface area contributed by atoms with Crippen LogP contribution < -0.4 is 10.1 Å². The lowest BCUT2D eigenvalue weighted by atomic mass is 10.2. The molecule has 0 aliphatic heterocycles. The van der Waals surface area contributed by atoms with Crippen molar-refractivity contribution in [3.8, 4) is 5.75 Å². The number of nitrogens with zero attached hydrogens (tertiary/aromatic N) is 1. The maximum absolute atomic E-state index is 5.34. The summed E-state index contributed by atoms with van der Waals surface area (Å²) in [5.41, 5.74) is 3.35. The van der Waals surface area contributed by atoms with Gasteiger partial charge in [0.15, 0.2) is 0 Å². The zero-order chi connectivity index (χ0) is 13.1. The van der Waals surface area contributed by atoms with E-state index in [4.69, 9.17) is 4.74 Å². The molecule has 96 valence electrons. The van der Waals surface area contributed by atoms with Gasteiger partial charge >= 0.3 is 0 Å². The number of methoxy groups -OCH3 is 1. The minimum absolute atomic E-state index is 0.735. The van der Waals surface area contributed by atoms with Crippen molar-refractivity contribution in [2.45, 2.75) is 27.3 Å². The summed E-state index contributed by atoms with van der Waals surface area (Å²) in [6.07, 6.45) is 0. The van der Waals surface area contributed by atoms with Crippen LogP contribution in [0.5, 0.6) is 5.75 Å². The average molecular weight is 262 g/mol. The predicted molar refractivity (Wildman–Crippen MR) is 76.6 cm³/mol. The van der Waals surface area contributed by atoms with Crippen LogP contribution in [0.3, 0.4) is 0 Å². The zero-order valence-corrected chi connectivity index (χ0v) is 12.0. The minimum atomic E-state index is 0.735. The number of anilines is 1. The van der Waals surface area contributed by atoms with Crippen LogP contribution in [-0.2, 0) is 6.54 Å². The van der Waals surface area contributed by atoms with Crippen LogP contribution in [0.4, 0.5) is 5.69 Å². The van der Waals surface area contributed by atoms with Gasteiger partial charge in [-0.15, -0.1) is 11.3 Å². The fourth-order valence-corrected chi connectivity index (χ4v) is 2.62. The molecular formula is C14H18N2OS. The van der Waals surface area contributed by atoms with E-state index in [0.717, 1.165) is 28.7 Å². The summed E-state index contributed by atoms with van der Waals surface area (Å²) in [5.74, 6) is 0.866. The fourth-order valence-electron chi connectivity index (χ4n) is 1.75. The summed E-state index contributed by atoms with van der Waals surface area (Å²) in [6, 6.07) is 6.11. The highest BCUT2D eigenvalue weighted by Crippen LogP contribution is 2.26. The van der Waals surface area contributed by atoms with Gasteiger partial charge in [-0.05, 0) is 38.5 Å². The second kappa shape index (κ2) is 5.40. The molecule has 0 spiro atoms. The van der Waals surface area contributed by atoms with E-state index in [2.05, 4.69) is 30.2 Å². The number of rotatable bonds is 4. The van der Waals surface area contributed by atoms with Crippen LogP contribution in [0, 0.1) is 20.8 Å². The van der Waals surface area contributed by atoms with E-state index in [1.165, 1.54) is 10.4 Å². The Bertz CT molecular complexity index is 529. The highest BCUT2D eigenvalue weighted by atomic mass is 32.1. The molecule has 0 radical (unpaired) electrons. The molecule has 0 atom stereocenters. The van der Waals surface area contributed by atoms with E-state index in [-0.39, 0.29) is 0 Å². The van der Waals surface area contributed by atoms with Crippen LogP contribution >= 0.6 is 11.3 Å². The lowest BCUT2D eigenvalue weighted by Gasteiger charge is -2.10. The summed E-state index contributed by atoms with van der Waals surface area (Å²) < 4.78 is 5.34. The fraction of sp³-hybridized carbons (Fsp3) is 0.357. The normalized spacial score (nSPS) is 10.4. The van der Waals surface area contributed by atoms with Gasteiger partial charge in [0.25, 0.3) is 0 Å². The first kappa shape index (κ1) is 12.9. The Morgan fingerprint density at radius 2 is 2.06 bits per heavy atom. The summed E-state index contributed by atoms with van der Waals surface area (Å²) in [5, 5.41) is 4.49. The predicted octanol–water partition coefficient (Wildman–Crippen LogP) is 3.69. The molecule has 0 unspecified atom stereocenters. The van der Waals surface area contributed by atoms with Crippen LogP contribution in [0.1, 0.15) is 21.1 Å². The molecular weight excluding hydrogens is 244 g/mol. The summed E-state index contributed by atoms with van der Waals surface area (Å²) in [4.78, 5) is 5.80. The monoisotopic (exact) mass is 262 g/mol. The molecule has 0 saturated carbocycles. The van der Waals surface area contributed by atoms with Gasteiger partial charge in [-0.3, -0.25) is 0 Å². The lowest BCUT2D eigenvalue weighted by molar-refractivity contribution is 0.416. The van der Waals surface area contributed by atoms with Gasteiger partial charge in [0.1, 0.15) is 10.8 Å². The van der Waals surface area contributed by atoms with E-state index in [0.29, 0.717) is 0 Å². The van der Waals surface area contributed by atoms with Crippen molar-refractivity contribution in [1.82, 2.24) is 4.98 Å². The molecule has 0 bridgehead atoms. The number of nitrogens with one attached hydrogen (secondary N) is 1. The molecule has 2 rings (SSSR count). The topological polar surface area (TPSA) is 34.1 Å². The molecule has 4 heteroatoms. The molecule has 0 aliphatic carbocycles. The highest BCUT2D eigenvalue weighted by molar-refractivity contribution is 7.11. The second-order valence-electron chi connectivity index (χ2n) is 4.31. The second-order valence-corrected chi connectivity index (χ2v) is 5.59. The molecule has 1 heterocycles. The Morgan fingerprint density at radius 1 is 1.28 bits per heavy atom. The summed E-state index contributed by atoms with van der Waals surface area (Å²) in [6.45, 7) is 6.95. The molecule has 0 aliphatic rings. The maximum Gasteiger partial charge on any atom is 0.141 e. The minimum Gasteiger partial charge on any atom is -0.495 e. The molecule has 2 aromatic rings. The summed E-state index contributed by atoms with van der Waals surface area (Å²) in [7, 11) is 1.69. The highest BCUT2D eigenvalue weighted by Gasteiger charge is 2.06. The van der Waals surface area contributed by atoms with Crippen LogP contribution in [0.25, 0.3) is 0 Å². The molecule has 0 saturated heterocycles. The molecule has 18 heavy (non-hydrogen) atoms. The number of hydrogen-bond acceptors (Lipinski definition) is 4. The van der Waals surface area contributed by atoms with Crippen LogP contribution in [0.2, 0.25) is 0 Å². The van der Waals surface area contributed by atoms with Crippen molar-refractivity contribution >= 4 is 17.0 Å². The Hall–Kier alpha value is -1.55. The smallest absolute Gasteiger partial charge is 0.141 e. The summed E-state index contributed by atoms with van der Waals surface area (Å²) >= 11 is 1.74. The molecule has 1 aromatic carbocycles. The van der Waals surface area contributed by atoms with Crippen molar-refractivity contribution in [1.29, 1.82) is 0 Å². The zero-order valence-electron chi connectivity index (χ0n) is 11.2. The van der Waals surface area contributed by atoms with E-state index in [9.17, 15) is 0 Å². The first-order chi connectivity index (χ1) is 8.60. The Kier molecular flexibility index (Phi) is 3.87. The molecule has 0 amide bonds. The van der Waals surface area contributed by atoms with Crippen molar-refractivity contribution < 1.29 is 4.74 Å². The Labute approximate surface area is 112 Å². The molecule has 1 N–H and O–H groups in total. The van der Waals surface area contributed by atoms with Gasteiger partial charge < -0.3 is 10.1 Å². The van der Waals surface area contributed by atoms with E-state index in [1.807, 2.05) is 19.1 Å². The Balaban J connectivity index is 2.12.